The summed E-state index contributed by atoms with van der Waals surface area (Å²) >= 11 is 5.05. The second kappa shape index (κ2) is 4.52. The molecule has 0 atom stereocenters. The van der Waals surface area contributed by atoms with Crippen LogP contribution in [0, 0.1) is 0 Å². The maximum Gasteiger partial charge on any atom is 0.241 e. The van der Waals surface area contributed by atoms with Gasteiger partial charge in [-0.1, -0.05) is 0 Å². The smallest absolute Gasteiger partial charge is 0.241 e. The van der Waals surface area contributed by atoms with Gasteiger partial charge in [-0.05, 0) is 23.7 Å². The van der Waals surface area contributed by atoms with Crippen LogP contribution >= 0.6 is 11.6 Å². The van der Waals surface area contributed by atoms with E-state index in [0.717, 1.165) is 0 Å². The normalized spacial score (nSPS) is 13.7. The summed E-state index contributed by atoms with van der Waals surface area (Å²) in [6, 6.07) is 4.16. The van der Waals surface area contributed by atoms with E-state index >= 15 is 0 Å². The molecule has 0 aromatic heterocycles. The van der Waals surface area contributed by atoms with E-state index < -0.39 is 21.8 Å². The maximum absolute atomic E-state index is 11.7. The summed E-state index contributed by atoms with van der Waals surface area (Å²) in [7, 11) is -3.77. The van der Waals surface area contributed by atoms with Gasteiger partial charge in [0.25, 0.3) is 0 Å². The van der Waals surface area contributed by atoms with E-state index in [1.165, 1.54) is 18.2 Å². The fraction of sp³-hybridized carbons (Fsp3) is 0.222. The molecule has 0 spiro atoms. The molecule has 17 heavy (non-hydrogen) atoms. The Morgan fingerprint density at radius 1 is 1.35 bits per heavy atom. The Kier molecular flexibility index (Phi) is 3.23. The molecule has 1 aromatic carbocycles. The van der Waals surface area contributed by atoms with Gasteiger partial charge in [-0.2, -0.15) is 0 Å². The maximum atomic E-state index is 11.7. The van der Waals surface area contributed by atoms with Crippen molar-refractivity contribution in [2.75, 3.05) is 13.3 Å². The van der Waals surface area contributed by atoms with E-state index in [2.05, 4.69) is 4.72 Å². The SMILES string of the molecule is O=C(Cl)CNS(=O)(=O)c1ccc2c(c1)OCO2. The Bertz CT molecular complexity index is 557. The number of sulfonamides is 1. The Morgan fingerprint density at radius 2 is 2.06 bits per heavy atom. The molecule has 0 saturated heterocycles. The minimum absolute atomic E-state index is 0.0142. The van der Waals surface area contributed by atoms with E-state index in [-0.39, 0.29) is 11.7 Å². The summed E-state index contributed by atoms with van der Waals surface area (Å²) in [5, 5.41) is -0.783. The standard InChI is InChI=1S/C9H8ClNO5S/c10-9(12)4-11-17(13,14)6-1-2-7-8(3-6)16-5-15-7/h1-3,11H,4-5H2. The number of benzene rings is 1. The summed E-state index contributed by atoms with van der Waals surface area (Å²) in [5.41, 5.74) is 0. The van der Waals surface area contributed by atoms with Gasteiger partial charge in [-0.15, -0.1) is 0 Å². The highest BCUT2D eigenvalue weighted by Crippen LogP contribution is 2.33. The van der Waals surface area contributed by atoms with Crippen molar-refractivity contribution in [3.05, 3.63) is 18.2 Å². The van der Waals surface area contributed by atoms with Gasteiger partial charge in [0.15, 0.2) is 11.5 Å². The topological polar surface area (TPSA) is 81.7 Å². The molecule has 1 heterocycles. The van der Waals surface area contributed by atoms with Crippen molar-refractivity contribution >= 4 is 26.9 Å². The second-order valence-electron chi connectivity index (χ2n) is 3.19. The zero-order chi connectivity index (χ0) is 12.5. The number of fused-ring (bicyclic) bond motifs is 1. The minimum Gasteiger partial charge on any atom is -0.454 e. The van der Waals surface area contributed by atoms with Gasteiger partial charge >= 0.3 is 0 Å². The van der Waals surface area contributed by atoms with Crippen molar-refractivity contribution in [2.24, 2.45) is 0 Å². The van der Waals surface area contributed by atoms with Gasteiger partial charge in [0, 0.05) is 6.07 Å². The lowest BCUT2D eigenvalue weighted by atomic mass is 10.3. The molecule has 0 saturated carbocycles. The molecule has 2 rings (SSSR count). The number of carbonyl (C=O) groups is 1. The molecule has 0 amide bonds. The fourth-order valence-electron chi connectivity index (χ4n) is 1.28. The van der Waals surface area contributed by atoms with Crippen LogP contribution in [0.15, 0.2) is 23.1 Å². The summed E-state index contributed by atoms with van der Waals surface area (Å²) in [6.07, 6.45) is 0. The first-order valence-electron chi connectivity index (χ1n) is 4.57. The van der Waals surface area contributed by atoms with Crippen molar-refractivity contribution < 1.29 is 22.7 Å². The monoisotopic (exact) mass is 277 g/mol. The van der Waals surface area contributed by atoms with Gasteiger partial charge in [0.2, 0.25) is 22.1 Å². The van der Waals surface area contributed by atoms with Gasteiger partial charge in [-0.3, -0.25) is 4.79 Å². The number of carbonyl (C=O) groups excluding carboxylic acids is 1. The predicted molar refractivity (Wildman–Crippen MR) is 58.6 cm³/mol. The van der Waals surface area contributed by atoms with Crippen LogP contribution in [0.5, 0.6) is 11.5 Å². The number of nitrogens with one attached hydrogen (secondary N) is 1. The van der Waals surface area contributed by atoms with Crippen molar-refractivity contribution in [2.45, 2.75) is 4.90 Å². The third-order valence-electron chi connectivity index (χ3n) is 2.06. The van der Waals surface area contributed by atoms with Crippen LogP contribution in [0.1, 0.15) is 0 Å². The van der Waals surface area contributed by atoms with Gasteiger partial charge < -0.3 is 9.47 Å². The van der Waals surface area contributed by atoms with E-state index in [9.17, 15) is 13.2 Å². The van der Waals surface area contributed by atoms with Crippen LogP contribution in [0.4, 0.5) is 0 Å². The van der Waals surface area contributed by atoms with Crippen molar-refractivity contribution in [1.82, 2.24) is 4.72 Å². The number of rotatable bonds is 4. The van der Waals surface area contributed by atoms with Gasteiger partial charge in [0.1, 0.15) is 0 Å². The molecule has 8 heteroatoms. The summed E-state index contributed by atoms with van der Waals surface area (Å²) in [6.45, 7) is -0.398. The van der Waals surface area contributed by atoms with E-state index in [4.69, 9.17) is 21.1 Å². The third kappa shape index (κ3) is 2.68. The van der Waals surface area contributed by atoms with Gasteiger partial charge in [0.05, 0.1) is 11.4 Å². The molecule has 1 N–H and O–H groups in total. The highest BCUT2D eigenvalue weighted by Gasteiger charge is 2.20. The molecule has 6 nitrogen and oxygen atoms in total. The first kappa shape index (κ1) is 12.2. The lowest BCUT2D eigenvalue weighted by molar-refractivity contribution is -0.110. The first-order chi connectivity index (χ1) is 7.99. The molecular formula is C9H8ClNO5S. The Hall–Kier alpha value is -1.31. The second-order valence-corrected chi connectivity index (χ2v) is 5.38. The molecule has 0 bridgehead atoms. The molecule has 1 aliphatic heterocycles. The van der Waals surface area contributed by atoms with Gasteiger partial charge in [-0.25, -0.2) is 13.1 Å². The Balaban J connectivity index is 2.24. The average molecular weight is 278 g/mol. The largest absolute Gasteiger partial charge is 0.454 e. The molecule has 0 aliphatic carbocycles. The number of hydrogen-bond donors (Lipinski definition) is 1. The fourth-order valence-corrected chi connectivity index (χ4v) is 2.42. The predicted octanol–water partition coefficient (Wildman–Crippen LogP) is 0.459. The molecule has 1 aliphatic rings. The Labute approximate surface area is 103 Å². The molecule has 92 valence electrons. The molecule has 0 fully saturated rings. The lowest BCUT2D eigenvalue weighted by Crippen LogP contribution is -2.27. The van der Waals surface area contributed by atoms with Crippen molar-refractivity contribution in [1.29, 1.82) is 0 Å². The van der Waals surface area contributed by atoms with Crippen LogP contribution in [-0.4, -0.2) is 27.0 Å². The lowest BCUT2D eigenvalue weighted by Gasteiger charge is -2.05. The van der Waals surface area contributed by atoms with E-state index in [1.54, 1.807) is 0 Å². The molecule has 0 radical (unpaired) electrons. The number of ether oxygens (including phenoxy) is 2. The van der Waals surface area contributed by atoms with Crippen LogP contribution < -0.4 is 14.2 Å². The minimum atomic E-state index is -3.77. The van der Waals surface area contributed by atoms with Crippen LogP contribution in [0.3, 0.4) is 0 Å². The molecular weight excluding hydrogens is 270 g/mol. The summed E-state index contributed by atoms with van der Waals surface area (Å²) in [4.78, 5) is 10.5. The van der Waals surface area contributed by atoms with Crippen molar-refractivity contribution in [3.63, 3.8) is 0 Å². The van der Waals surface area contributed by atoms with Crippen LogP contribution in [0.2, 0.25) is 0 Å². The summed E-state index contributed by atoms with van der Waals surface area (Å²) < 4.78 is 35.6. The average Bonchev–Trinajstić information content (AvgIpc) is 2.73. The quantitative estimate of drug-likeness (QED) is 0.809. The third-order valence-corrected chi connectivity index (χ3v) is 3.59. The highest BCUT2D eigenvalue weighted by molar-refractivity contribution is 7.89. The van der Waals surface area contributed by atoms with E-state index in [0.29, 0.717) is 11.5 Å². The first-order valence-corrected chi connectivity index (χ1v) is 6.43. The number of hydrogen-bond acceptors (Lipinski definition) is 5. The van der Waals surface area contributed by atoms with E-state index in [1.807, 2.05) is 0 Å². The Morgan fingerprint density at radius 3 is 2.76 bits per heavy atom. The zero-order valence-electron chi connectivity index (χ0n) is 8.47. The highest BCUT2D eigenvalue weighted by atomic mass is 35.5. The molecule has 1 aromatic rings. The zero-order valence-corrected chi connectivity index (χ0v) is 10.0. The van der Waals surface area contributed by atoms with Crippen molar-refractivity contribution in [3.8, 4) is 11.5 Å². The molecule has 0 unspecified atom stereocenters. The van der Waals surface area contributed by atoms with Crippen LogP contribution in [-0.2, 0) is 14.8 Å². The number of halogens is 1. The van der Waals surface area contributed by atoms with Crippen LogP contribution in [0.25, 0.3) is 0 Å². The summed E-state index contributed by atoms with van der Waals surface area (Å²) in [5.74, 6) is 0.836.